The summed E-state index contributed by atoms with van der Waals surface area (Å²) in [6.07, 6.45) is 5.52. The highest BCUT2D eigenvalue weighted by molar-refractivity contribution is 5.92. The first kappa shape index (κ1) is 13.2. The van der Waals surface area contributed by atoms with E-state index in [1.54, 1.807) is 12.1 Å². The molecular weight excluding hydrogens is 282 g/mol. The average molecular weight is 299 g/mol. The summed E-state index contributed by atoms with van der Waals surface area (Å²) in [7, 11) is 0. The van der Waals surface area contributed by atoms with Gasteiger partial charge in [-0.2, -0.15) is 0 Å². The highest BCUT2D eigenvalue weighted by Crippen LogP contribution is 2.43. The molecule has 0 spiro atoms. The van der Waals surface area contributed by atoms with Crippen molar-refractivity contribution in [2.24, 2.45) is 0 Å². The molecule has 2 aromatic rings. The Bertz CT molecular complexity index is 687. The Hall–Kier alpha value is -2.43. The van der Waals surface area contributed by atoms with Gasteiger partial charge in [0.25, 0.3) is 5.91 Å². The zero-order valence-corrected chi connectivity index (χ0v) is 12.1. The van der Waals surface area contributed by atoms with Crippen molar-refractivity contribution >= 4 is 5.91 Å². The van der Waals surface area contributed by atoms with Gasteiger partial charge >= 0.3 is 0 Å². The zero-order valence-electron chi connectivity index (χ0n) is 12.1. The number of rotatable bonds is 3. The highest BCUT2D eigenvalue weighted by Gasteiger charge is 2.38. The summed E-state index contributed by atoms with van der Waals surface area (Å²) in [5, 5.41) is 3.17. The first-order valence-electron chi connectivity index (χ1n) is 7.53. The maximum atomic E-state index is 12.4. The van der Waals surface area contributed by atoms with Gasteiger partial charge in [-0.25, -0.2) is 0 Å². The smallest absolute Gasteiger partial charge is 0.287 e. The van der Waals surface area contributed by atoms with Crippen molar-refractivity contribution in [3.05, 3.63) is 47.9 Å². The number of benzene rings is 1. The fourth-order valence-corrected chi connectivity index (χ4v) is 3.35. The minimum atomic E-state index is -0.356. The van der Waals surface area contributed by atoms with Crippen LogP contribution in [0.3, 0.4) is 0 Å². The van der Waals surface area contributed by atoms with E-state index in [1.807, 2.05) is 18.2 Å². The predicted octanol–water partition coefficient (Wildman–Crippen LogP) is 3.21. The van der Waals surface area contributed by atoms with E-state index >= 15 is 0 Å². The highest BCUT2D eigenvalue weighted by atomic mass is 16.7. The lowest BCUT2D eigenvalue weighted by Crippen LogP contribution is -2.43. The topological polar surface area (TPSA) is 60.7 Å². The summed E-state index contributed by atoms with van der Waals surface area (Å²) in [5.74, 6) is 1.67. The molecule has 1 fully saturated rings. The lowest BCUT2D eigenvalue weighted by Gasteiger charge is -2.30. The maximum absolute atomic E-state index is 12.4. The third kappa shape index (κ3) is 2.13. The van der Waals surface area contributed by atoms with Gasteiger partial charge in [-0.15, -0.1) is 0 Å². The molecule has 114 valence electrons. The van der Waals surface area contributed by atoms with Crippen LogP contribution in [0.25, 0.3) is 0 Å². The summed E-state index contributed by atoms with van der Waals surface area (Å²) in [5.41, 5.74) is 0.708. The molecule has 0 atom stereocenters. The monoisotopic (exact) mass is 299 g/mol. The van der Waals surface area contributed by atoms with Gasteiger partial charge in [0.15, 0.2) is 17.3 Å². The SMILES string of the molecule is O=C(NC1(c2ccc3c(c2)OCO3)CCCC1)c1ccco1. The number of hydrogen-bond donors (Lipinski definition) is 1. The normalized spacial score (nSPS) is 18.4. The van der Waals surface area contributed by atoms with Crippen LogP contribution in [0.1, 0.15) is 41.8 Å². The van der Waals surface area contributed by atoms with Gasteiger partial charge in [0.05, 0.1) is 11.8 Å². The average Bonchev–Trinajstić information content (AvgIpc) is 3.28. The predicted molar refractivity (Wildman–Crippen MR) is 78.9 cm³/mol. The maximum Gasteiger partial charge on any atom is 0.287 e. The van der Waals surface area contributed by atoms with Crippen molar-refractivity contribution in [3.63, 3.8) is 0 Å². The number of furan rings is 1. The van der Waals surface area contributed by atoms with E-state index in [9.17, 15) is 4.79 Å². The Kier molecular flexibility index (Phi) is 3.06. The number of carbonyl (C=O) groups is 1. The van der Waals surface area contributed by atoms with E-state index in [2.05, 4.69) is 5.32 Å². The molecule has 2 heterocycles. The van der Waals surface area contributed by atoms with Crippen LogP contribution in [-0.4, -0.2) is 12.7 Å². The van der Waals surface area contributed by atoms with Crippen LogP contribution < -0.4 is 14.8 Å². The van der Waals surface area contributed by atoms with E-state index in [0.29, 0.717) is 5.76 Å². The van der Waals surface area contributed by atoms with E-state index in [1.165, 1.54) is 6.26 Å². The van der Waals surface area contributed by atoms with Crippen molar-refractivity contribution in [3.8, 4) is 11.5 Å². The van der Waals surface area contributed by atoms with Crippen LogP contribution in [0.15, 0.2) is 41.0 Å². The fraction of sp³-hybridized carbons (Fsp3) is 0.353. The Balaban J connectivity index is 1.66. The quantitative estimate of drug-likeness (QED) is 0.945. The van der Waals surface area contributed by atoms with Gasteiger partial charge in [0.1, 0.15) is 0 Å². The van der Waals surface area contributed by atoms with Gasteiger partial charge in [0, 0.05) is 0 Å². The van der Waals surface area contributed by atoms with Crippen molar-refractivity contribution in [2.45, 2.75) is 31.2 Å². The molecule has 0 radical (unpaired) electrons. The number of hydrogen-bond acceptors (Lipinski definition) is 4. The Labute approximate surface area is 128 Å². The van der Waals surface area contributed by atoms with Gasteiger partial charge in [-0.1, -0.05) is 18.9 Å². The molecule has 1 aliphatic heterocycles. The molecule has 2 aliphatic rings. The molecule has 5 heteroatoms. The molecule has 5 nitrogen and oxygen atoms in total. The van der Waals surface area contributed by atoms with Crippen molar-refractivity contribution in [1.29, 1.82) is 0 Å². The van der Waals surface area contributed by atoms with Crippen LogP contribution in [0.4, 0.5) is 0 Å². The Morgan fingerprint density at radius 1 is 1.09 bits per heavy atom. The molecule has 0 saturated heterocycles. The van der Waals surface area contributed by atoms with Crippen LogP contribution in [0.2, 0.25) is 0 Å². The zero-order chi connectivity index (χ0) is 15.0. The van der Waals surface area contributed by atoms with Crippen LogP contribution in [-0.2, 0) is 5.54 Å². The first-order valence-corrected chi connectivity index (χ1v) is 7.53. The van der Waals surface area contributed by atoms with Crippen LogP contribution in [0, 0.1) is 0 Å². The Morgan fingerprint density at radius 3 is 2.68 bits per heavy atom. The number of fused-ring (bicyclic) bond motifs is 1. The third-order valence-corrected chi connectivity index (χ3v) is 4.48. The molecule has 1 N–H and O–H groups in total. The molecule has 1 aromatic heterocycles. The molecular formula is C17H17NO4. The molecule has 22 heavy (non-hydrogen) atoms. The largest absolute Gasteiger partial charge is 0.459 e. The van der Waals surface area contributed by atoms with Crippen molar-refractivity contribution in [2.75, 3.05) is 6.79 Å². The van der Waals surface area contributed by atoms with E-state index in [-0.39, 0.29) is 18.2 Å². The summed E-state index contributed by atoms with van der Waals surface area (Å²) >= 11 is 0. The van der Waals surface area contributed by atoms with Gasteiger partial charge in [-0.05, 0) is 42.7 Å². The van der Waals surface area contributed by atoms with Crippen LogP contribution in [0.5, 0.6) is 11.5 Å². The van der Waals surface area contributed by atoms with Gasteiger partial charge in [0.2, 0.25) is 6.79 Å². The van der Waals surface area contributed by atoms with Gasteiger partial charge in [-0.3, -0.25) is 4.79 Å². The molecule has 0 bridgehead atoms. The summed E-state index contributed by atoms with van der Waals surface area (Å²) in [4.78, 5) is 12.4. The van der Waals surface area contributed by atoms with Crippen molar-refractivity contribution in [1.82, 2.24) is 5.32 Å². The van der Waals surface area contributed by atoms with E-state index < -0.39 is 0 Å². The number of nitrogens with one attached hydrogen (secondary N) is 1. The third-order valence-electron chi connectivity index (χ3n) is 4.48. The number of carbonyl (C=O) groups excluding carboxylic acids is 1. The summed E-state index contributed by atoms with van der Waals surface area (Å²) in [6.45, 7) is 0.255. The molecule has 1 saturated carbocycles. The van der Waals surface area contributed by atoms with E-state index in [4.69, 9.17) is 13.9 Å². The molecule has 4 rings (SSSR count). The van der Waals surface area contributed by atoms with Gasteiger partial charge < -0.3 is 19.2 Å². The minimum Gasteiger partial charge on any atom is -0.459 e. The summed E-state index contributed by atoms with van der Waals surface area (Å²) < 4.78 is 16.0. The molecule has 1 amide bonds. The lowest BCUT2D eigenvalue weighted by molar-refractivity contribution is 0.0869. The minimum absolute atomic E-state index is 0.176. The summed E-state index contributed by atoms with van der Waals surface area (Å²) in [6, 6.07) is 9.31. The molecule has 0 unspecified atom stereocenters. The second-order valence-electron chi connectivity index (χ2n) is 5.79. The lowest BCUT2D eigenvalue weighted by atomic mass is 9.87. The first-order chi connectivity index (χ1) is 10.8. The molecule has 1 aromatic carbocycles. The molecule has 1 aliphatic carbocycles. The van der Waals surface area contributed by atoms with Crippen molar-refractivity contribution < 1.29 is 18.7 Å². The van der Waals surface area contributed by atoms with Crippen LogP contribution >= 0.6 is 0 Å². The fourth-order valence-electron chi connectivity index (χ4n) is 3.35. The second-order valence-corrected chi connectivity index (χ2v) is 5.79. The Morgan fingerprint density at radius 2 is 1.91 bits per heavy atom. The van der Waals surface area contributed by atoms with E-state index in [0.717, 1.165) is 42.7 Å². The number of ether oxygens (including phenoxy) is 2. The standard InChI is InChI=1S/C17H17NO4/c19-16(14-4-3-9-20-14)18-17(7-1-2-8-17)12-5-6-13-15(10-12)22-11-21-13/h3-6,9-10H,1-2,7-8,11H2,(H,18,19). The number of amides is 1. The second kappa shape index (κ2) is 5.09.